The Kier molecular flexibility index (Phi) is 3.08. The van der Waals surface area contributed by atoms with E-state index in [4.69, 9.17) is 13.9 Å². The molecule has 1 aliphatic heterocycles. The van der Waals surface area contributed by atoms with Gasteiger partial charge in [-0.05, 0) is 17.5 Å². The maximum Gasteiger partial charge on any atom is 0.257 e. The number of ether oxygens (including phenoxy) is 2. The molecule has 4 rings (SSSR count). The molecule has 5 nitrogen and oxygen atoms in total. The minimum atomic E-state index is 0.533. The number of nitrogens with zero attached hydrogens (tertiary/aromatic N) is 2. The fourth-order valence-corrected chi connectivity index (χ4v) is 2.91. The van der Waals surface area contributed by atoms with E-state index in [1.807, 2.05) is 35.7 Å². The van der Waals surface area contributed by atoms with Gasteiger partial charge < -0.3 is 13.9 Å². The molecule has 0 saturated carbocycles. The van der Waals surface area contributed by atoms with Crippen LogP contribution in [0.1, 0.15) is 11.5 Å². The van der Waals surface area contributed by atoms with Gasteiger partial charge in [0.2, 0.25) is 5.89 Å². The van der Waals surface area contributed by atoms with E-state index in [-0.39, 0.29) is 0 Å². The fraction of sp³-hybridized carbons (Fsp3) is 0.200. The van der Waals surface area contributed by atoms with E-state index >= 15 is 0 Å². The summed E-state index contributed by atoms with van der Waals surface area (Å²) in [7, 11) is 0. The summed E-state index contributed by atoms with van der Waals surface area (Å²) in [6.07, 6.45) is 0.533. The molecule has 0 fully saturated rings. The molecule has 0 unspecified atom stereocenters. The summed E-state index contributed by atoms with van der Waals surface area (Å²) < 4.78 is 17.0. The van der Waals surface area contributed by atoms with Crippen molar-refractivity contribution in [3.8, 4) is 22.3 Å². The van der Waals surface area contributed by atoms with Crippen LogP contribution in [-0.4, -0.2) is 23.4 Å². The molecular weight excluding hydrogens is 288 g/mol. The van der Waals surface area contributed by atoms with Gasteiger partial charge in [0.15, 0.2) is 11.5 Å². The molecule has 3 heterocycles. The molecule has 21 heavy (non-hydrogen) atoms. The van der Waals surface area contributed by atoms with Crippen molar-refractivity contribution in [2.75, 3.05) is 13.2 Å². The summed E-state index contributed by atoms with van der Waals surface area (Å²) in [5.74, 6) is 2.68. The summed E-state index contributed by atoms with van der Waals surface area (Å²) in [5.41, 5.74) is 0.994. The lowest BCUT2D eigenvalue weighted by molar-refractivity contribution is 0.170. The number of para-hydroxylation sites is 1. The van der Waals surface area contributed by atoms with Crippen molar-refractivity contribution in [3.63, 3.8) is 0 Å². The van der Waals surface area contributed by atoms with Crippen molar-refractivity contribution in [2.24, 2.45) is 0 Å². The van der Waals surface area contributed by atoms with E-state index in [2.05, 4.69) is 10.2 Å². The molecule has 1 aliphatic rings. The SMILES string of the molecule is c1csc(-c2nnc(Cc3cccc4c3OCCO4)o2)c1. The molecule has 6 heteroatoms. The first kappa shape index (κ1) is 12.4. The molecule has 3 aromatic rings. The predicted molar refractivity (Wildman–Crippen MR) is 77.8 cm³/mol. The maximum atomic E-state index is 5.71. The van der Waals surface area contributed by atoms with E-state index in [9.17, 15) is 0 Å². The lowest BCUT2D eigenvalue weighted by Gasteiger charge is -2.20. The molecule has 1 aromatic carbocycles. The van der Waals surface area contributed by atoms with E-state index < -0.39 is 0 Å². The highest BCUT2D eigenvalue weighted by atomic mass is 32.1. The van der Waals surface area contributed by atoms with Crippen molar-refractivity contribution in [1.82, 2.24) is 10.2 Å². The zero-order valence-corrected chi connectivity index (χ0v) is 11.9. The van der Waals surface area contributed by atoms with Crippen LogP contribution in [0.3, 0.4) is 0 Å². The smallest absolute Gasteiger partial charge is 0.257 e. The predicted octanol–water partition coefficient (Wildman–Crippen LogP) is 3.16. The van der Waals surface area contributed by atoms with Gasteiger partial charge in [-0.25, -0.2) is 0 Å². The third kappa shape index (κ3) is 2.38. The summed E-state index contributed by atoms with van der Waals surface area (Å²) in [5, 5.41) is 10.2. The van der Waals surface area contributed by atoms with E-state index in [1.165, 1.54) is 0 Å². The highest BCUT2D eigenvalue weighted by molar-refractivity contribution is 7.13. The topological polar surface area (TPSA) is 57.4 Å². The number of thiophene rings is 1. The minimum absolute atomic E-state index is 0.533. The van der Waals surface area contributed by atoms with Crippen LogP contribution in [0.15, 0.2) is 40.1 Å². The molecule has 0 spiro atoms. The highest BCUT2D eigenvalue weighted by Crippen LogP contribution is 2.35. The van der Waals surface area contributed by atoms with Crippen LogP contribution in [0.5, 0.6) is 11.5 Å². The van der Waals surface area contributed by atoms with Crippen LogP contribution in [0.2, 0.25) is 0 Å². The summed E-state index contributed by atoms with van der Waals surface area (Å²) in [4.78, 5) is 0.975. The minimum Gasteiger partial charge on any atom is -0.486 e. The average molecular weight is 300 g/mol. The number of benzene rings is 1. The first-order chi connectivity index (χ1) is 10.4. The molecule has 0 aliphatic carbocycles. The van der Waals surface area contributed by atoms with Crippen LogP contribution < -0.4 is 9.47 Å². The molecular formula is C15H12N2O3S. The zero-order valence-electron chi connectivity index (χ0n) is 11.1. The van der Waals surface area contributed by atoms with Crippen LogP contribution >= 0.6 is 11.3 Å². The van der Waals surface area contributed by atoms with Gasteiger partial charge in [0.25, 0.3) is 5.89 Å². The Labute approximate surface area is 125 Å². The quantitative estimate of drug-likeness (QED) is 0.743. The molecule has 0 radical (unpaired) electrons. The first-order valence-corrected chi connectivity index (χ1v) is 7.52. The van der Waals surface area contributed by atoms with Gasteiger partial charge in [0, 0.05) is 5.56 Å². The maximum absolute atomic E-state index is 5.71. The van der Waals surface area contributed by atoms with Gasteiger partial charge >= 0.3 is 0 Å². The van der Waals surface area contributed by atoms with Gasteiger partial charge in [0.1, 0.15) is 13.2 Å². The first-order valence-electron chi connectivity index (χ1n) is 6.64. The fourth-order valence-electron chi connectivity index (χ4n) is 2.26. The Balaban J connectivity index is 1.62. The third-order valence-corrected chi connectivity index (χ3v) is 4.05. The van der Waals surface area contributed by atoms with Gasteiger partial charge in [-0.3, -0.25) is 0 Å². The van der Waals surface area contributed by atoms with Gasteiger partial charge in [-0.15, -0.1) is 21.5 Å². The number of rotatable bonds is 3. The Bertz CT molecular complexity index is 752. The number of aromatic nitrogens is 2. The van der Waals surface area contributed by atoms with Crippen molar-refractivity contribution in [3.05, 3.63) is 47.2 Å². The standard InChI is InChI=1S/C15H12N2O3S/c1-3-10(14-11(4-1)18-6-7-19-14)9-13-16-17-15(20-13)12-5-2-8-21-12/h1-5,8H,6-7,9H2. The zero-order chi connectivity index (χ0) is 14.1. The Hall–Kier alpha value is -2.34. The summed E-state index contributed by atoms with van der Waals surface area (Å²) >= 11 is 1.58. The monoisotopic (exact) mass is 300 g/mol. The van der Waals surface area contributed by atoms with Crippen molar-refractivity contribution < 1.29 is 13.9 Å². The van der Waals surface area contributed by atoms with E-state index in [0.29, 0.717) is 31.4 Å². The Morgan fingerprint density at radius 2 is 2.00 bits per heavy atom. The molecule has 0 amide bonds. The number of fused-ring (bicyclic) bond motifs is 1. The van der Waals surface area contributed by atoms with Crippen molar-refractivity contribution in [1.29, 1.82) is 0 Å². The van der Waals surface area contributed by atoms with Gasteiger partial charge in [-0.1, -0.05) is 18.2 Å². The second kappa shape index (κ2) is 5.21. The number of hydrogen-bond donors (Lipinski definition) is 0. The lowest BCUT2D eigenvalue weighted by atomic mass is 10.1. The second-order valence-corrected chi connectivity index (χ2v) is 5.54. The molecule has 0 atom stereocenters. The number of hydrogen-bond acceptors (Lipinski definition) is 6. The Morgan fingerprint density at radius 3 is 2.90 bits per heavy atom. The van der Waals surface area contributed by atoms with Crippen LogP contribution in [0, 0.1) is 0 Å². The molecule has 106 valence electrons. The normalized spacial score (nSPS) is 13.3. The largest absolute Gasteiger partial charge is 0.486 e. The molecule has 0 bridgehead atoms. The lowest BCUT2D eigenvalue weighted by Crippen LogP contribution is -2.16. The van der Waals surface area contributed by atoms with Crippen LogP contribution in [-0.2, 0) is 6.42 Å². The van der Waals surface area contributed by atoms with E-state index in [0.717, 1.165) is 21.9 Å². The van der Waals surface area contributed by atoms with Crippen molar-refractivity contribution in [2.45, 2.75) is 6.42 Å². The third-order valence-electron chi connectivity index (χ3n) is 3.19. The van der Waals surface area contributed by atoms with Crippen molar-refractivity contribution >= 4 is 11.3 Å². The summed E-state index contributed by atoms with van der Waals surface area (Å²) in [6.45, 7) is 1.15. The Morgan fingerprint density at radius 1 is 1.05 bits per heavy atom. The average Bonchev–Trinajstić information content (AvgIpc) is 3.18. The van der Waals surface area contributed by atoms with Crippen LogP contribution in [0.4, 0.5) is 0 Å². The highest BCUT2D eigenvalue weighted by Gasteiger charge is 2.18. The molecule has 2 aromatic heterocycles. The molecule has 0 saturated heterocycles. The molecule has 0 N–H and O–H groups in total. The summed E-state index contributed by atoms with van der Waals surface area (Å²) in [6, 6.07) is 9.76. The van der Waals surface area contributed by atoms with Gasteiger partial charge in [-0.2, -0.15) is 0 Å². The second-order valence-electron chi connectivity index (χ2n) is 4.60. The van der Waals surface area contributed by atoms with Gasteiger partial charge in [0.05, 0.1) is 11.3 Å². The van der Waals surface area contributed by atoms with E-state index in [1.54, 1.807) is 11.3 Å². The van der Waals surface area contributed by atoms with Crippen LogP contribution in [0.25, 0.3) is 10.8 Å².